The van der Waals surface area contributed by atoms with Crippen molar-refractivity contribution in [1.82, 2.24) is 9.88 Å². The van der Waals surface area contributed by atoms with Crippen LogP contribution in [0.1, 0.15) is 39.2 Å². The largest absolute Gasteiger partial charge is 0.478 e. The standard InChI is InChI=1S/C16H16N2O4/c1-10(11-6-4-3-5-7-11)18-9-12(16(21)22)8-13(15(18)20)14(19)17-2/h3-10H,1-2H3,(H,17,19)(H,21,22). The predicted molar refractivity (Wildman–Crippen MR) is 81.3 cm³/mol. The summed E-state index contributed by atoms with van der Waals surface area (Å²) in [6, 6.07) is 9.89. The second kappa shape index (κ2) is 6.26. The van der Waals surface area contributed by atoms with Gasteiger partial charge in [0.2, 0.25) is 0 Å². The van der Waals surface area contributed by atoms with Crippen LogP contribution in [0.15, 0.2) is 47.4 Å². The van der Waals surface area contributed by atoms with Crippen LogP contribution < -0.4 is 10.9 Å². The van der Waals surface area contributed by atoms with Crippen molar-refractivity contribution in [3.8, 4) is 0 Å². The van der Waals surface area contributed by atoms with Crippen molar-refractivity contribution >= 4 is 11.9 Å². The fraction of sp³-hybridized carbons (Fsp3) is 0.188. The Balaban J connectivity index is 2.64. The number of pyridine rings is 1. The number of carbonyl (C=O) groups is 2. The zero-order valence-corrected chi connectivity index (χ0v) is 12.2. The number of aromatic nitrogens is 1. The normalized spacial score (nSPS) is 11.7. The molecule has 0 saturated heterocycles. The molecule has 1 aromatic carbocycles. The number of nitrogens with one attached hydrogen (secondary N) is 1. The third-order valence-electron chi connectivity index (χ3n) is 3.46. The number of hydrogen-bond donors (Lipinski definition) is 2. The van der Waals surface area contributed by atoms with E-state index in [1.165, 1.54) is 17.8 Å². The van der Waals surface area contributed by atoms with Gasteiger partial charge in [0, 0.05) is 13.2 Å². The lowest BCUT2D eigenvalue weighted by Gasteiger charge is -2.17. The Labute approximate surface area is 127 Å². The zero-order valence-electron chi connectivity index (χ0n) is 12.2. The van der Waals surface area contributed by atoms with Gasteiger partial charge in [-0.25, -0.2) is 4.79 Å². The number of carbonyl (C=O) groups excluding carboxylic acids is 1. The third kappa shape index (κ3) is 2.90. The van der Waals surface area contributed by atoms with Gasteiger partial charge in [0.1, 0.15) is 5.56 Å². The summed E-state index contributed by atoms with van der Waals surface area (Å²) in [5, 5.41) is 11.5. The minimum Gasteiger partial charge on any atom is -0.478 e. The molecule has 114 valence electrons. The number of hydrogen-bond acceptors (Lipinski definition) is 3. The maximum absolute atomic E-state index is 12.5. The van der Waals surface area contributed by atoms with Crippen LogP contribution in [0.5, 0.6) is 0 Å². The summed E-state index contributed by atoms with van der Waals surface area (Å²) in [5.41, 5.74) is 0.0156. The van der Waals surface area contributed by atoms with Gasteiger partial charge >= 0.3 is 5.97 Å². The van der Waals surface area contributed by atoms with Crippen LogP contribution in [-0.2, 0) is 0 Å². The Morgan fingerprint density at radius 1 is 1.23 bits per heavy atom. The Hall–Kier alpha value is -2.89. The molecular weight excluding hydrogens is 284 g/mol. The topological polar surface area (TPSA) is 88.4 Å². The van der Waals surface area contributed by atoms with Crippen molar-refractivity contribution in [3.63, 3.8) is 0 Å². The van der Waals surface area contributed by atoms with Gasteiger partial charge in [0.05, 0.1) is 11.6 Å². The Kier molecular flexibility index (Phi) is 4.41. The van der Waals surface area contributed by atoms with E-state index in [-0.39, 0.29) is 11.1 Å². The molecule has 0 fully saturated rings. The van der Waals surface area contributed by atoms with E-state index in [0.717, 1.165) is 11.6 Å². The van der Waals surface area contributed by atoms with E-state index in [1.807, 2.05) is 30.3 Å². The SMILES string of the molecule is CNC(=O)c1cc(C(=O)O)cn(C(C)c2ccccc2)c1=O. The summed E-state index contributed by atoms with van der Waals surface area (Å²) in [4.78, 5) is 35.5. The number of carboxylic acid groups (broad SMARTS) is 1. The Morgan fingerprint density at radius 2 is 1.86 bits per heavy atom. The number of carboxylic acids is 1. The first-order chi connectivity index (χ1) is 10.5. The van der Waals surface area contributed by atoms with Crippen molar-refractivity contribution < 1.29 is 14.7 Å². The fourth-order valence-corrected chi connectivity index (χ4v) is 2.20. The number of rotatable bonds is 4. The summed E-state index contributed by atoms with van der Waals surface area (Å²) >= 11 is 0. The van der Waals surface area contributed by atoms with Gasteiger partial charge in [-0.3, -0.25) is 9.59 Å². The number of benzene rings is 1. The van der Waals surface area contributed by atoms with Gasteiger partial charge in [-0.05, 0) is 18.6 Å². The average Bonchev–Trinajstić information content (AvgIpc) is 2.54. The van der Waals surface area contributed by atoms with Crippen LogP contribution in [0.25, 0.3) is 0 Å². The smallest absolute Gasteiger partial charge is 0.337 e. The van der Waals surface area contributed by atoms with E-state index in [1.54, 1.807) is 6.92 Å². The lowest BCUT2D eigenvalue weighted by atomic mass is 10.1. The van der Waals surface area contributed by atoms with E-state index in [4.69, 9.17) is 0 Å². The molecule has 1 amide bonds. The molecule has 1 aromatic heterocycles. The molecule has 6 nitrogen and oxygen atoms in total. The van der Waals surface area contributed by atoms with Gasteiger partial charge in [-0.15, -0.1) is 0 Å². The molecule has 0 aliphatic rings. The molecule has 2 N–H and O–H groups in total. The van der Waals surface area contributed by atoms with Crippen LogP contribution in [0.3, 0.4) is 0 Å². The maximum atomic E-state index is 12.5. The molecule has 2 rings (SSSR count). The molecule has 2 aromatic rings. The summed E-state index contributed by atoms with van der Waals surface area (Å²) < 4.78 is 1.27. The van der Waals surface area contributed by atoms with Crippen LogP contribution in [0, 0.1) is 0 Å². The molecule has 0 aliphatic carbocycles. The number of amides is 1. The Morgan fingerprint density at radius 3 is 2.41 bits per heavy atom. The number of nitrogens with zero attached hydrogens (tertiary/aromatic N) is 1. The van der Waals surface area contributed by atoms with Crippen LogP contribution in [-0.4, -0.2) is 28.6 Å². The molecule has 1 unspecified atom stereocenters. The highest BCUT2D eigenvalue weighted by atomic mass is 16.4. The summed E-state index contributed by atoms with van der Waals surface area (Å²) in [5.74, 6) is -1.80. The number of aromatic carboxylic acids is 1. The van der Waals surface area contributed by atoms with Gasteiger partial charge in [0.15, 0.2) is 0 Å². The van der Waals surface area contributed by atoms with Crippen LogP contribution >= 0.6 is 0 Å². The van der Waals surface area contributed by atoms with Crippen molar-refractivity contribution in [2.75, 3.05) is 7.05 Å². The van der Waals surface area contributed by atoms with E-state index >= 15 is 0 Å². The van der Waals surface area contributed by atoms with Crippen molar-refractivity contribution in [3.05, 3.63) is 69.6 Å². The molecule has 0 spiro atoms. The average molecular weight is 300 g/mol. The quantitative estimate of drug-likeness (QED) is 0.896. The lowest BCUT2D eigenvalue weighted by Crippen LogP contribution is -2.33. The molecule has 0 aliphatic heterocycles. The second-order valence-corrected chi connectivity index (χ2v) is 4.83. The molecular formula is C16H16N2O4. The van der Waals surface area contributed by atoms with E-state index in [9.17, 15) is 19.5 Å². The van der Waals surface area contributed by atoms with Crippen LogP contribution in [0.2, 0.25) is 0 Å². The van der Waals surface area contributed by atoms with Gasteiger partial charge in [0.25, 0.3) is 11.5 Å². The highest BCUT2D eigenvalue weighted by Gasteiger charge is 2.19. The highest BCUT2D eigenvalue weighted by molar-refractivity contribution is 5.96. The monoisotopic (exact) mass is 300 g/mol. The molecule has 0 bridgehead atoms. The molecule has 6 heteroatoms. The fourth-order valence-electron chi connectivity index (χ4n) is 2.20. The molecule has 1 atom stereocenters. The van der Waals surface area contributed by atoms with Crippen LogP contribution in [0.4, 0.5) is 0 Å². The highest BCUT2D eigenvalue weighted by Crippen LogP contribution is 2.16. The molecule has 1 heterocycles. The predicted octanol–water partition coefficient (Wildman–Crippen LogP) is 1.52. The van der Waals surface area contributed by atoms with Crippen molar-refractivity contribution in [2.24, 2.45) is 0 Å². The zero-order chi connectivity index (χ0) is 16.3. The summed E-state index contributed by atoms with van der Waals surface area (Å²) in [6.45, 7) is 1.77. The molecule has 22 heavy (non-hydrogen) atoms. The minimum absolute atomic E-state index is 0.110. The second-order valence-electron chi connectivity index (χ2n) is 4.83. The van der Waals surface area contributed by atoms with E-state index in [2.05, 4.69) is 5.32 Å². The van der Waals surface area contributed by atoms with Gasteiger partial charge in [-0.1, -0.05) is 30.3 Å². The van der Waals surface area contributed by atoms with E-state index < -0.39 is 23.5 Å². The lowest BCUT2D eigenvalue weighted by molar-refractivity contribution is 0.0695. The first-order valence-corrected chi connectivity index (χ1v) is 6.72. The maximum Gasteiger partial charge on any atom is 0.337 e. The van der Waals surface area contributed by atoms with Gasteiger partial charge in [-0.2, -0.15) is 0 Å². The third-order valence-corrected chi connectivity index (χ3v) is 3.46. The minimum atomic E-state index is -1.20. The van der Waals surface area contributed by atoms with Crippen molar-refractivity contribution in [2.45, 2.75) is 13.0 Å². The summed E-state index contributed by atoms with van der Waals surface area (Å²) in [7, 11) is 1.39. The summed E-state index contributed by atoms with van der Waals surface area (Å²) in [6.07, 6.45) is 1.26. The molecule has 0 saturated carbocycles. The first kappa shape index (κ1) is 15.5. The van der Waals surface area contributed by atoms with Crippen molar-refractivity contribution in [1.29, 1.82) is 0 Å². The Bertz CT molecular complexity index is 765. The van der Waals surface area contributed by atoms with Gasteiger partial charge < -0.3 is 15.0 Å². The van der Waals surface area contributed by atoms with E-state index in [0.29, 0.717) is 0 Å². The molecule has 0 radical (unpaired) electrons. The first-order valence-electron chi connectivity index (χ1n) is 6.72.